The number of carbonyl (C=O) groups is 1. The fraction of sp³-hybridized carbons (Fsp3) is 0.100. The summed E-state index contributed by atoms with van der Waals surface area (Å²) in [6.07, 6.45) is 0. The summed E-state index contributed by atoms with van der Waals surface area (Å²) in [7, 11) is 0. The molecular formula is C20H16ClNO4S. The van der Waals surface area contributed by atoms with E-state index in [1.807, 2.05) is 12.1 Å². The molecule has 1 aromatic heterocycles. The van der Waals surface area contributed by atoms with Crippen molar-refractivity contribution in [2.24, 2.45) is 4.99 Å². The smallest absolute Gasteiger partial charge is 0.184 e. The molecule has 0 aliphatic carbocycles. The molecule has 0 aliphatic heterocycles. The molecule has 0 atom stereocenters. The average molecular weight is 402 g/mol. The predicted octanol–water partition coefficient (Wildman–Crippen LogP) is 4.88. The second-order valence-corrected chi connectivity index (χ2v) is 7.18. The van der Waals surface area contributed by atoms with Crippen molar-refractivity contribution in [3.8, 4) is 27.7 Å². The molecule has 3 N–H and O–H groups in total. The minimum Gasteiger partial charge on any atom is -0.506 e. The zero-order chi connectivity index (χ0) is 19.6. The lowest BCUT2D eigenvalue weighted by Gasteiger charge is -2.03. The lowest BCUT2D eigenvalue weighted by molar-refractivity contribution is 0.100. The molecule has 0 saturated carbocycles. The number of aliphatic imine (C=N–C) groups is 1. The number of Topliss-reactive ketones (excluding diaryl/α,β-unsaturated/α-hetero) is 1. The maximum atomic E-state index is 12.2. The Bertz CT molecular complexity index is 1020. The largest absolute Gasteiger partial charge is 0.506 e. The molecule has 0 radical (unpaired) electrons. The molecule has 0 saturated heterocycles. The van der Waals surface area contributed by atoms with Crippen LogP contribution in [0.4, 0.5) is 0 Å². The molecule has 1 heterocycles. The van der Waals surface area contributed by atoms with E-state index < -0.39 is 0 Å². The van der Waals surface area contributed by atoms with Crippen LogP contribution in [0.3, 0.4) is 0 Å². The Morgan fingerprint density at radius 3 is 2.44 bits per heavy atom. The molecule has 0 spiro atoms. The highest BCUT2D eigenvalue weighted by Crippen LogP contribution is 2.39. The van der Waals surface area contributed by atoms with E-state index in [1.165, 1.54) is 29.5 Å². The van der Waals surface area contributed by atoms with Gasteiger partial charge in [-0.3, -0.25) is 9.79 Å². The Morgan fingerprint density at radius 2 is 1.78 bits per heavy atom. The van der Waals surface area contributed by atoms with Crippen LogP contribution in [-0.2, 0) is 0 Å². The fourth-order valence-corrected chi connectivity index (χ4v) is 3.62. The Labute approximate surface area is 164 Å². The molecular weight excluding hydrogens is 386 g/mol. The van der Waals surface area contributed by atoms with Crippen molar-refractivity contribution >= 4 is 34.4 Å². The van der Waals surface area contributed by atoms with Crippen molar-refractivity contribution in [3.63, 3.8) is 0 Å². The number of phenols is 2. The van der Waals surface area contributed by atoms with E-state index in [0.717, 1.165) is 5.56 Å². The van der Waals surface area contributed by atoms with Crippen LogP contribution in [0.15, 0.2) is 52.8 Å². The van der Waals surface area contributed by atoms with Crippen molar-refractivity contribution in [3.05, 3.63) is 64.0 Å². The predicted molar refractivity (Wildman–Crippen MR) is 108 cm³/mol. The van der Waals surface area contributed by atoms with E-state index in [2.05, 4.69) is 4.99 Å². The van der Waals surface area contributed by atoms with Gasteiger partial charge in [-0.15, -0.1) is 11.3 Å². The van der Waals surface area contributed by atoms with Crippen molar-refractivity contribution in [2.75, 3.05) is 6.54 Å². The number of hydrogen-bond donors (Lipinski definition) is 3. The molecule has 27 heavy (non-hydrogen) atoms. The minimum atomic E-state index is -0.357. The maximum Gasteiger partial charge on any atom is 0.184 e. The molecule has 0 fully saturated rings. The zero-order valence-electron chi connectivity index (χ0n) is 14.3. The van der Waals surface area contributed by atoms with Gasteiger partial charge in [0.1, 0.15) is 12.3 Å². The van der Waals surface area contributed by atoms with Crippen LogP contribution in [0.25, 0.3) is 10.4 Å². The van der Waals surface area contributed by atoms with Crippen LogP contribution in [0.1, 0.15) is 22.8 Å². The van der Waals surface area contributed by atoms with Crippen LogP contribution in [0.5, 0.6) is 17.2 Å². The van der Waals surface area contributed by atoms with Crippen molar-refractivity contribution in [2.45, 2.75) is 6.92 Å². The van der Waals surface area contributed by atoms with Crippen LogP contribution in [0, 0.1) is 0 Å². The Hall–Kier alpha value is -2.83. The molecule has 3 aromatic rings. The number of aromatic hydroxyl groups is 3. The number of halogens is 1. The van der Waals surface area contributed by atoms with Crippen LogP contribution < -0.4 is 0 Å². The zero-order valence-corrected chi connectivity index (χ0v) is 15.9. The quantitative estimate of drug-likeness (QED) is 0.323. The second kappa shape index (κ2) is 7.82. The third-order valence-electron chi connectivity index (χ3n) is 4.02. The van der Waals surface area contributed by atoms with E-state index in [4.69, 9.17) is 11.6 Å². The SMILES string of the molecule is CC(=NCC(=O)c1ccc(O)c(O)c1)c1csc(-c2ccc(Cl)cc2)c1O. The van der Waals surface area contributed by atoms with Gasteiger partial charge in [0.25, 0.3) is 0 Å². The van der Waals surface area contributed by atoms with Crippen molar-refractivity contribution in [1.29, 1.82) is 0 Å². The summed E-state index contributed by atoms with van der Waals surface area (Å²) in [6.45, 7) is 1.58. The average Bonchev–Trinajstić information content (AvgIpc) is 3.04. The number of nitrogens with zero attached hydrogens (tertiary/aromatic N) is 1. The number of benzene rings is 2. The van der Waals surface area contributed by atoms with Gasteiger partial charge in [-0.25, -0.2) is 0 Å². The highest BCUT2D eigenvalue weighted by atomic mass is 35.5. The van der Waals surface area contributed by atoms with Gasteiger partial charge in [-0.05, 0) is 42.8 Å². The van der Waals surface area contributed by atoms with E-state index >= 15 is 0 Å². The van der Waals surface area contributed by atoms with Gasteiger partial charge in [0, 0.05) is 27.2 Å². The molecule has 0 amide bonds. The summed E-state index contributed by atoms with van der Waals surface area (Å²) >= 11 is 7.27. The molecule has 0 bridgehead atoms. The standard InChI is InChI=1S/C20H16ClNO4S/c1-11(22-9-18(25)13-4-7-16(23)17(24)8-13)15-10-27-20(19(15)26)12-2-5-14(21)6-3-12/h2-8,10,23-24,26H,9H2,1H3. The second-order valence-electron chi connectivity index (χ2n) is 5.86. The Kier molecular flexibility index (Phi) is 5.48. The number of phenolic OH excluding ortho intramolecular Hbond substituents is 2. The number of carbonyl (C=O) groups excluding carboxylic acids is 1. The Balaban J connectivity index is 1.79. The third kappa shape index (κ3) is 4.13. The summed E-state index contributed by atoms with van der Waals surface area (Å²) in [5.41, 5.74) is 2.18. The first-order valence-corrected chi connectivity index (χ1v) is 9.25. The lowest BCUT2D eigenvalue weighted by Crippen LogP contribution is -2.06. The van der Waals surface area contributed by atoms with Crippen LogP contribution in [0.2, 0.25) is 5.02 Å². The highest BCUT2D eigenvalue weighted by Gasteiger charge is 2.15. The molecule has 2 aromatic carbocycles. The summed E-state index contributed by atoms with van der Waals surface area (Å²) in [5.74, 6) is -0.843. The number of thiophene rings is 1. The summed E-state index contributed by atoms with van der Waals surface area (Å²) in [5, 5.41) is 31.7. The number of hydrogen-bond acceptors (Lipinski definition) is 6. The first kappa shape index (κ1) is 18.9. The Morgan fingerprint density at radius 1 is 1.07 bits per heavy atom. The van der Waals surface area contributed by atoms with Gasteiger partial charge in [0.05, 0.1) is 4.88 Å². The molecule has 0 aliphatic rings. The van der Waals surface area contributed by atoms with Crippen LogP contribution in [-0.4, -0.2) is 33.4 Å². The van der Waals surface area contributed by atoms with E-state index in [0.29, 0.717) is 21.2 Å². The third-order valence-corrected chi connectivity index (χ3v) is 5.29. The van der Waals surface area contributed by atoms with Crippen molar-refractivity contribution < 1.29 is 20.1 Å². The van der Waals surface area contributed by atoms with Gasteiger partial charge >= 0.3 is 0 Å². The first-order chi connectivity index (χ1) is 12.9. The summed E-state index contributed by atoms with van der Waals surface area (Å²) < 4.78 is 0. The van der Waals surface area contributed by atoms with E-state index in [-0.39, 0.29) is 35.1 Å². The van der Waals surface area contributed by atoms with Gasteiger partial charge in [0.2, 0.25) is 0 Å². The molecule has 5 nitrogen and oxygen atoms in total. The van der Waals surface area contributed by atoms with Gasteiger partial charge in [-0.1, -0.05) is 23.7 Å². The minimum absolute atomic E-state index is 0.110. The number of ketones is 1. The monoisotopic (exact) mass is 401 g/mol. The maximum absolute atomic E-state index is 12.2. The molecule has 138 valence electrons. The first-order valence-electron chi connectivity index (χ1n) is 8.00. The van der Waals surface area contributed by atoms with Gasteiger partial charge in [-0.2, -0.15) is 0 Å². The number of rotatable bonds is 5. The van der Waals surface area contributed by atoms with Crippen molar-refractivity contribution in [1.82, 2.24) is 0 Å². The molecule has 3 rings (SSSR count). The normalized spacial score (nSPS) is 11.6. The van der Waals surface area contributed by atoms with Crippen LogP contribution >= 0.6 is 22.9 Å². The summed E-state index contributed by atoms with van der Waals surface area (Å²) in [6, 6.07) is 11.0. The van der Waals surface area contributed by atoms with Gasteiger partial charge < -0.3 is 15.3 Å². The molecule has 0 unspecified atom stereocenters. The summed E-state index contributed by atoms with van der Waals surface area (Å²) in [4.78, 5) is 17.2. The lowest BCUT2D eigenvalue weighted by atomic mass is 10.1. The van der Waals surface area contributed by atoms with Gasteiger partial charge in [0.15, 0.2) is 17.3 Å². The highest BCUT2D eigenvalue weighted by molar-refractivity contribution is 7.14. The topological polar surface area (TPSA) is 90.1 Å². The fourth-order valence-electron chi connectivity index (χ4n) is 2.48. The van der Waals surface area contributed by atoms with E-state index in [1.54, 1.807) is 24.4 Å². The van der Waals surface area contributed by atoms with E-state index in [9.17, 15) is 20.1 Å². The molecule has 7 heteroatoms.